The number of para-hydroxylation sites is 1. The van der Waals surface area contributed by atoms with E-state index in [1.165, 1.54) is 0 Å². The van der Waals surface area contributed by atoms with Crippen LogP contribution in [-0.4, -0.2) is 47.2 Å². The average Bonchev–Trinajstić information content (AvgIpc) is 3.46. The number of aromatic nitrogens is 8. The van der Waals surface area contributed by atoms with Crippen molar-refractivity contribution in [3.63, 3.8) is 0 Å². The summed E-state index contributed by atoms with van der Waals surface area (Å²) in [5.41, 5.74) is 2.68. The van der Waals surface area contributed by atoms with Crippen LogP contribution in [0.1, 0.15) is 24.6 Å². The third-order valence-electron chi connectivity index (χ3n) is 4.82. The van der Waals surface area contributed by atoms with Crippen molar-refractivity contribution in [2.24, 2.45) is 0 Å². The predicted molar refractivity (Wildman–Crippen MR) is 102 cm³/mol. The molecule has 5 rings (SSSR count). The third-order valence-corrected chi connectivity index (χ3v) is 4.82. The maximum absolute atomic E-state index is 5.20. The summed E-state index contributed by atoms with van der Waals surface area (Å²) in [5.74, 6) is 2.17. The topological polar surface area (TPSA) is 114 Å². The Kier molecular flexibility index (Phi) is 3.57. The maximum Gasteiger partial charge on any atom is 0.188 e. The van der Waals surface area contributed by atoms with E-state index in [2.05, 4.69) is 30.7 Å². The van der Waals surface area contributed by atoms with E-state index in [0.29, 0.717) is 28.6 Å². The Morgan fingerprint density at radius 2 is 2.11 bits per heavy atom. The summed E-state index contributed by atoms with van der Waals surface area (Å²) in [7, 11) is 1.97. The van der Waals surface area contributed by atoms with Crippen LogP contribution >= 0.6 is 0 Å². The number of H-pyrrole nitrogens is 1. The second-order valence-electron chi connectivity index (χ2n) is 6.59. The molecule has 1 N–H and O–H groups in total. The van der Waals surface area contributed by atoms with Crippen LogP contribution in [0, 0.1) is 6.92 Å². The first-order chi connectivity index (χ1) is 13.6. The molecule has 10 nitrogen and oxygen atoms in total. The lowest BCUT2D eigenvalue weighted by atomic mass is 10.2. The van der Waals surface area contributed by atoms with Gasteiger partial charge in [-0.2, -0.15) is 9.61 Å². The molecular weight excluding hydrogens is 358 g/mol. The summed E-state index contributed by atoms with van der Waals surface area (Å²) in [6.07, 6.45) is 1.57. The van der Waals surface area contributed by atoms with Gasteiger partial charge in [0.25, 0.3) is 0 Å². The minimum Gasteiger partial charge on any atom is -0.361 e. The Hall–Kier alpha value is -3.82. The molecule has 0 saturated carbocycles. The number of aromatic amines is 1. The number of benzene rings is 1. The zero-order chi connectivity index (χ0) is 19.3. The largest absolute Gasteiger partial charge is 0.361 e. The van der Waals surface area contributed by atoms with E-state index in [1.807, 2.05) is 56.1 Å². The highest BCUT2D eigenvalue weighted by Gasteiger charge is 2.23. The van der Waals surface area contributed by atoms with Crippen molar-refractivity contribution in [3.8, 4) is 11.4 Å². The van der Waals surface area contributed by atoms with E-state index >= 15 is 0 Å². The van der Waals surface area contributed by atoms with Crippen LogP contribution in [0.3, 0.4) is 0 Å². The molecule has 140 valence electrons. The van der Waals surface area contributed by atoms with Gasteiger partial charge in [-0.15, -0.1) is 5.10 Å². The number of anilines is 1. The van der Waals surface area contributed by atoms with Gasteiger partial charge in [0, 0.05) is 18.5 Å². The lowest BCUT2D eigenvalue weighted by Gasteiger charge is -2.25. The van der Waals surface area contributed by atoms with Crippen molar-refractivity contribution >= 4 is 22.4 Å². The Morgan fingerprint density at radius 3 is 2.86 bits per heavy atom. The SMILES string of the molecule is Cc1cc(-c2nnn3c2nc(N(C)C(C)c2nc[nH]n2)c2ccccc23)no1. The van der Waals surface area contributed by atoms with Gasteiger partial charge in [0.2, 0.25) is 0 Å². The number of hydrogen-bond donors (Lipinski definition) is 1. The molecule has 0 fully saturated rings. The van der Waals surface area contributed by atoms with Crippen molar-refractivity contribution < 1.29 is 4.52 Å². The summed E-state index contributed by atoms with van der Waals surface area (Å²) in [6, 6.07) is 9.68. The molecule has 1 unspecified atom stereocenters. The van der Waals surface area contributed by atoms with Crippen molar-refractivity contribution in [2.75, 3.05) is 11.9 Å². The van der Waals surface area contributed by atoms with E-state index in [-0.39, 0.29) is 6.04 Å². The van der Waals surface area contributed by atoms with E-state index in [9.17, 15) is 0 Å². The summed E-state index contributed by atoms with van der Waals surface area (Å²) in [5, 5.41) is 20.6. The molecule has 0 saturated heterocycles. The van der Waals surface area contributed by atoms with Gasteiger partial charge >= 0.3 is 0 Å². The molecule has 1 atom stereocenters. The molecule has 0 bridgehead atoms. The Morgan fingerprint density at radius 1 is 1.25 bits per heavy atom. The highest BCUT2D eigenvalue weighted by molar-refractivity contribution is 5.93. The second kappa shape index (κ2) is 6.12. The molecule has 0 aliphatic rings. The van der Waals surface area contributed by atoms with Crippen LogP contribution in [0.25, 0.3) is 27.9 Å². The molecule has 5 aromatic rings. The zero-order valence-electron chi connectivity index (χ0n) is 15.5. The molecule has 0 aliphatic carbocycles. The number of fused-ring (bicyclic) bond motifs is 3. The second-order valence-corrected chi connectivity index (χ2v) is 6.59. The summed E-state index contributed by atoms with van der Waals surface area (Å²) in [4.78, 5) is 11.2. The number of aryl methyl sites for hydroxylation is 1. The first-order valence-corrected chi connectivity index (χ1v) is 8.80. The summed E-state index contributed by atoms with van der Waals surface area (Å²) < 4.78 is 6.93. The fraction of sp³-hybridized carbons (Fsp3) is 0.222. The molecule has 1 aromatic carbocycles. The first-order valence-electron chi connectivity index (χ1n) is 8.80. The van der Waals surface area contributed by atoms with Gasteiger partial charge in [-0.25, -0.2) is 9.97 Å². The summed E-state index contributed by atoms with van der Waals surface area (Å²) in [6.45, 7) is 3.86. The van der Waals surface area contributed by atoms with Gasteiger partial charge < -0.3 is 9.42 Å². The first kappa shape index (κ1) is 16.4. The zero-order valence-corrected chi connectivity index (χ0v) is 15.5. The highest BCUT2D eigenvalue weighted by atomic mass is 16.5. The maximum atomic E-state index is 5.20. The molecule has 4 aromatic heterocycles. The number of hydrogen-bond acceptors (Lipinski definition) is 8. The number of rotatable bonds is 4. The normalized spacial score (nSPS) is 12.7. The Balaban J connectivity index is 1.75. The quantitative estimate of drug-likeness (QED) is 0.510. The van der Waals surface area contributed by atoms with Crippen LogP contribution in [0.15, 0.2) is 41.2 Å². The standard InChI is InChI=1S/C18H17N9O/c1-10-8-13(24-28-10)15-18-21-17(26(3)11(2)16-19-9-20-23-16)12-6-4-5-7-14(12)27(18)25-22-15/h4-9,11H,1-3H3,(H,19,20,23). The molecule has 0 radical (unpaired) electrons. The van der Waals surface area contributed by atoms with Gasteiger partial charge in [-0.1, -0.05) is 22.5 Å². The lowest BCUT2D eigenvalue weighted by molar-refractivity contribution is 0.399. The Bertz CT molecular complexity index is 1270. The van der Waals surface area contributed by atoms with Gasteiger partial charge in [0.15, 0.2) is 17.2 Å². The van der Waals surface area contributed by atoms with Crippen LogP contribution in [0.5, 0.6) is 0 Å². The molecule has 0 amide bonds. The van der Waals surface area contributed by atoms with Crippen LogP contribution in [0.2, 0.25) is 0 Å². The monoisotopic (exact) mass is 375 g/mol. The predicted octanol–water partition coefficient (Wildman–Crippen LogP) is 2.56. The van der Waals surface area contributed by atoms with Crippen LogP contribution in [-0.2, 0) is 0 Å². The number of nitrogens with zero attached hydrogens (tertiary/aromatic N) is 8. The molecule has 10 heteroatoms. The fourth-order valence-electron chi connectivity index (χ4n) is 3.24. The fourth-order valence-corrected chi connectivity index (χ4v) is 3.24. The van der Waals surface area contributed by atoms with Crippen molar-refractivity contribution in [1.29, 1.82) is 0 Å². The smallest absolute Gasteiger partial charge is 0.188 e. The van der Waals surface area contributed by atoms with E-state index < -0.39 is 0 Å². The van der Waals surface area contributed by atoms with Crippen LogP contribution < -0.4 is 4.90 Å². The Labute approximate surface area is 159 Å². The molecule has 0 aliphatic heterocycles. The van der Waals surface area contributed by atoms with Crippen molar-refractivity contribution in [3.05, 3.63) is 48.2 Å². The van der Waals surface area contributed by atoms with Crippen molar-refractivity contribution in [2.45, 2.75) is 19.9 Å². The van der Waals surface area contributed by atoms with E-state index in [4.69, 9.17) is 9.51 Å². The average molecular weight is 375 g/mol. The molecule has 0 spiro atoms. The van der Waals surface area contributed by atoms with E-state index in [0.717, 1.165) is 16.7 Å². The highest BCUT2D eigenvalue weighted by Crippen LogP contribution is 2.32. The van der Waals surface area contributed by atoms with Crippen molar-refractivity contribution in [1.82, 2.24) is 40.1 Å². The molecule has 4 heterocycles. The number of nitrogens with one attached hydrogen (secondary N) is 1. The van der Waals surface area contributed by atoms with Gasteiger partial charge in [-0.05, 0) is 26.0 Å². The van der Waals surface area contributed by atoms with Gasteiger partial charge in [0.1, 0.15) is 23.6 Å². The summed E-state index contributed by atoms with van der Waals surface area (Å²) >= 11 is 0. The molecular formula is C18H17N9O. The minimum absolute atomic E-state index is 0.0850. The van der Waals surface area contributed by atoms with E-state index in [1.54, 1.807) is 10.8 Å². The van der Waals surface area contributed by atoms with Gasteiger partial charge in [0.05, 0.1) is 11.6 Å². The minimum atomic E-state index is -0.0850. The molecule has 28 heavy (non-hydrogen) atoms. The van der Waals surface area contributed by atoms with Crippen LogP contribution in [0.4, 0.5) is 5.82 Å². The lowest BCUT2D eigenvalue weighted by Crippen LogP contribution is -2.24. The third kappa shape index (κ3) is 2.42. The van der Waals surface area contributed by atoms with Gasteiger partial charge in [-0.3, -0.25) is 5.10 Å².